The van der Waals surface area contributed by atoms with E-state index in [9.17, 15) is 4.79 Å². The molecule has 1 amide bonds. The molecule has 0 fully saturated rings. The highest BCUT2D eigenvalue weighted by molar-refractivity contribution is 6.49. The molecule has 9 heteroatoms. The van der Waals surface area contributed by atoms with Crippen LogP contribution in [0.3, 0.4) is 0 Å². The summed E-state index contributed by atoms with van der Waals surface area (Å²) in [7, 11) is 4.41. The topological polar surface area (TPSA) is 69.2 Å². The zero-order valence-electron chi connectivity index (χ0n) is 15.0. The summed E-state index contributed by atoms with van der Waals surface area (Å²) in [5.41, 5.74) is 3.75. The lowest BCUT2D eigenvalue weighted by Crippen LogP contribution is -2.19. The second kappa shape index (κ2) is 9.17. The Bertz CT molecular complexity index is 875. The normalized spacial score (nSPS) is 11.1. The van der Waals surface area contributed by atoms with Gasteiger partial charge in [-0.05, 0) is 25.1 Å². The standard InChI is InChI=1S/C18H17Cl3N2O4/c1-9(11-5-6-12(19)16(21)15(11)20)22-23-18(24)10-7-13(25-2)17(27-4)14(8-10)26-3/h5-8H,1-4H3,(H,23,24)/b22-9+. The zero-order valence-corrected chi connectivity index (χ0v) is 17.3. The van der Waals surface area contributed by atoms with Crippen molar-refractivity contribution < 1.29 is 19.0 Å². The zero-order chi connectivity index (χ0) is 20.1. The first kappa shape index (κ1) is 21.2. The highest BCUT2D eigenvalue weighted by Gasteiger charge is 2.17. The van der Waals surface area contributed by atoms with Gasteiger partial charge in [-0.1, -0.05) is 40.9 Å². The second-order valence-electron chi connectivity index (χ2n) is 5.28. The van der Waals surface area contributed by atoms with Crippen LogP contribution in [-0.2, 0) is 0 Å². The number of halogens is 3. The molecule has 0 saturated carbocycles. The number of methoxy groups -OCH3 is 3. The number of carbonyl (C=O) groups is 1. The lowest BCUT2D eigenvalue weighted by molar-refractivity contribution is 0.0954. The minimum absolute atomic E-state index is 0.223. The van der Waals surface area contributed by atoms with Crippen LogP contribution in [0.25, 0.3) is 0 Å². The number of hydrogen-bond donors (Lipinski definition) is 1. The molecule has 1 N–H and O–H groups in total. The molecule has 0 aliphatic heterocycles. The number of hydrazone groups is 1. The number of hydrogen-bond acceptors (Lipinski definition) is 5. The van der Waals surface area contributed by atoms with Crippen LogP contribution in [0.2, 0.25) is 15.1 Å². The summed E-state index contributed by atoms with van der Waals surface area (Å²) in [4.78, 5) is 12.5. The van der Waals surface area contributed by atoms with Crippen molar-refractivity contribution in [2.24, 2.45) is 5.10 Å². The average Bonchev–Trinajstić information content (AvgIpc) is 2.68. The molecule has 0 aromatic heterocycles. The summed E-state index contributed by atoms with van der Waals surface area (Å²) in [6.07, 6.45) is 0. The molecule has 0 radical (unpaired) electrons. The van der Waals surface area contributed by atoms with Crippen molar-refractivity contribution in [3.63, 3.8) is 0 Å². The van der Waals surface area contributed by atoms with E-state index in [4.69, 9.17) is 49.0 Å². The van der Waals surface area contributed by atoms with Gasteiger partial charge in [-0.2, -0.15) is 5.10 Å². The molecule has 0 aliphatic carbocycles. The van der Waals surface area contributed by atoms with Gasteiger partial charge in [0.25, 0.3) is 5.91 Å². The van der Waals surface area contributed by atoms with Crippen molar-refractivity contribution in [1.82, 2.24) is 5.43 Å². The van der Waals surface area contributed by atoms with Crippen LogP contribution >= 0.6 is 34.8 Å². The smallest absolute Gasteiger partial charge is 0.271 e. The molecule has 27 heavy (non-hydrogen) atoms. The van der Waals surface area contributed by atoms with Gasteiger partial charge < -0.3 is 14.2 Å². The number of amides is 1. The minimum Gasteiger partial charge on any atom is -0.493 e. The van der Waals surface area contributed by atoms with Gasteiger partial charge in [0, 0.05) is 11.1 Å². The van der Waals surface area contributed by atoms with Gasteiger partial charge in [0.05, 0.1) is 42.1 Å². The number of benzene rings is 2. The third-order valence-electron chi connectivity index (χ3n) is 3.68. The molecular weight excluding hydrogens is 415 g/mol. The SMILES string of the molecule is COc1cc(C(=O)N/N=C(\C)c2ccc(Cl)c(Cl)c2Cl)cc(OC)c1OC. The molecule has 6 nitrogen and oxygen atoms in total. The predicted molar refractivity (Wildman–Crippen MR) is 107 cm³/mol. The molecule has 0 aliphatic rings. The van der Waals surface area contributed by atoms with E-state index in [1.807, 2.05) is 0 Å². The summed E-state index contributed by atoms with van der Waals surface area (Å²) in [6, 6.07) is 6.31. The van der Waals surface area contributed by atoms with Crippen molar-refractivity contribution in [3.8, 4) is 17.2 Å². The van der Waals surface area contributed by atoms with Crippen LogP contribution in [0.15, 0.2) is 29.4 Å². The van der Waals surface area contributed by atoms with Gasteiger partial charge >= 0.3 is 0 Å². The third kappa shape index (κ3) is 4.58. The van der Waals surface area contributed by atoms with Crippen molar-refractivity contribution in [3.05, 3.63) is 50.5 Å². The maximum atomic E-state index is 12.5. The van der Waals surface area contributed by atoms with Gasteiger partial charge in [0.2, 0.25) is 5.75 Å². The first-order valence-corrected chi connectivity index (χ1v) is 8.75. The van der Waals surface area contributed by atoms with Crippen LogP contribution in [0.4, 0.5) is 0 Å². The minimum atomic E-state index is -0.468. The molecule has 2 aromatic carbocycles. The summed E-state index contributed by atoms with van der Waals surface area (Å²) in [5, 5.41) is 4.89. The van der Waals surface area contributed by atoms with E-state index in [-0.39, 0.29) is 15.6 Å². The molecule has 0 heterocycles. The van der Waals surface area contributed by atoms with E-state index >= 15 is 0 Å². The number of ether oxygens (including phenoxy) is 3. The molecule has 0 atom stereocenters. The monoisotopic (exact) mass is 430 g/mol. The average molecular weight is 432 g/mol. The first-order chi connectivity index (χ1) is 12.8. The Morgan fingerprint density at radius 2 is 1.56 bits per heavy atom. The van der Waals surface area contributed by atoms with E-state index in [2.05, 4.69) is 10.5 Å². The van der Waals surface area contributed by atoms with Crippen LogP contribution < -0.4 is 19.6 Å². The molecule has 0 bridgehead atoms. The Kier molecular flexibility index (Phi) is 7.18. The molecule has 144 valence electrons. The van der Waals surface area contributed by atoms with E-state index in [1.165, 1.54) is 33.5 Å². The number of nitrogens with one attached hydrogen (secondary N) is 1. The Hall–Kier alpha value is -2.15. The summed E-state index contributed by atoms with van der Waals surface area (Å²) in [6.45, 7) is 1.68. The van der Waals surface area contributed by atoms with Crippen LogP contribution in [-0.4, -0.2) is 32.9 Å². The number of carbonyl (C=O) groups excluding carboxylic acids is 1. The van der Waals surface area contributed by atoms with Crippen molar-refractivity contribution in [2.45, 2.75) is 6.92 Å². The maximum absolute atomic E-state index is 12.5. The lowest BCUT2D eigenvalue weighted by atomic mass is 10.1. The maximum Gasteiger partial charge on any atom is 0.271 e. The second-order valence-corrected chi connectivity index (χ2v) is 6.44. The van der Waals surface area contributed by atoms with E-state index in [0.29, 0.717) is 33.5 Å². The summed E-state index contributed by atoms with van der Waals surface area (Å²) < 4.78 is 15.7. The van der Waals surface area contributed by atoms with Gasteiger partial charge in [-0.25, -0.2) is 5.43 Å². The van der Waals surface area contributed by atoms with Gasteiger partial charge in [-0.15, -0.1) is 0 Å². The van der Waals surface area contributed by atoms with Crippen LogP contribution in [0, 0.1) is 0 Å². The first-order valence-electron chi connectivity index (χ1n) is 7.62. The van der Waals surface area contributed by atoms with Crippen molar-refractivity contribution in [2.75, 3.05) is 21.3 Å². The summed E-state index contributed by atoms with van der Waals surface area (Å²) >= 11 is 18.1. The largest absolute Gasteiger partial charge is 0.493 e. The van der Waals surface area contributed by atoms with Gasteiger partial charge in [-0.3, -0.25) is 4.79 Å². The number of nitrogens with zero attached hydrogens (tertiary/aromatic N) is 1. The summed E-state index contributed by atoms with van der Waals surface area (Å²) in [5.74, 6) is 0.633. The van der Waals surface area contributed by atoms with Crippen molar-refractivity contribution >= 4 is 46.4 Å². The Balaban J connectivity index is 2.30. The highest BCUT2D eigenvalue weighted by atomic mass is 35.5. The van der Waals surface area contributed by atoms with E-state index < -0.39 is 5.91 Å². The fraction of sp³-hybridized carbons (Fsp3) is 0.222. The lowest BCUT2D eigenvalue weighted by Gasteiger charge is -2.13. The molecule has 2 aromatic rings. The van der Waals surface area contributed by atoms with Crippen molar-refractivity contribution in [1.29, 1.82) is 0 Å². The molecular formula is C18H17Cl3N2O4. The van der Waals surface area contributed by atoms with Gasteiger partial charge in [0.1, 0.15) is 0 Å². The van der Waals surface area contributed by atoms with E-state index in [1.54, 1.807) is 19.1 Å². The molecule has 0 saturated heterocycles. The quantitative estimate of drug-likeness (QED) is 0.404. The predicted octanol–water partition coefficient (Wildman–Crippen LogP) is 4.83. The third-order valence-corrected chi connectivity index (χ3v) is 4.97. The fourth-order valence-corrected chi connectivity index (χ4v) is 2.95. The Labute approximate surface area is 172 Å². The van der Waals surface area contributed by atoms with Crippen LogP contribution in [0.5, 0.6) is 17.2 Å². The molecule has 2 rings (SSSR count). The molecule has 0 unspecified atom stereocenters. The van der Waals surface area contributed by atoms with Crippen LogP contribution in [0.1, 0.15) is 22.8 Å². The Morgan fingerprint density at radius 3 is 2.07 bits per heavy atom. The Morgan fingerprint density at radius 1 is 0.963 bits per heavy atom. The fourth-order valence-electron chi connectivity index (χ4n) is 2.28. The van der Waals surface area contributed by atoms with E-state index in [0.717, 1.165) is 0 Å². The number of rotatable bonds is 6. The highest BCUT2D eigenvalue weighted by Crippen LogP contribution is 2.38. The van der Waals surface area contributed by atoms with Gasteiger partial charge in [0.15, 0.2) is 11.5 Å². The molecule has 0 spiro atoms.